The number of hydrogen-bond acceptors (Lipinski definition) is 5. The van der Waals surface area contributed by atoms with E-state index in [2.05, 4.69) is 11.4 Å². The number of anilines is 2. The first-order valence-corrected chi connectivity index (χ1v) is 14.7. The van der Waals surface area contributed by atoms with Crippen LogP contribution in [-0.2, 0) is 9.59 Å². The van der Waals surface area contributed by atoms with Crippen molar-refractivity contribution < 1.29 is 14.0 Å². The summed E-state index contributed by atoms with van der Waals surface area (Å²) in [7, 11) is 0. The van der Waals surface area contributed by atoms with E-state index in [-0.39, 0.29) is 29.4 Å². The third kappa shape index (κ3) is 5.17. The molecule has 5 aromatic rings. The van der Waals surface area contributed by atoms with Gasteiger partial charge in [0.25, 0.3) is 0 Å². The number of thiophene rings is 1. The molecule has 2 aromatic heterocycles. The van der Waals surface area contributed by atoms with Crippen molar-refractivity contribution in [2.24, 2.45) is 0 Å². The van der Waals surface area contributed by atoms with Gasteiger partial charge in [0.2, 0.25) is 11.8 Å². The van der Waals surface area contributed by atoms with Crippen molar-refractivity contribution in [3.63, 3.8) is 0 Å². The molecule has 0 spiro atoms. The van der Waals surface area contributed by atoms with Gasteiger partial charge in [-0.25, -0.2) is 9.07 Å². The first-order chi connectivity index (χ1) is 19.5. The standard InChI is InChI=1S/C31H25FN4O2S2/c1-20-7-5-10-24(17-20)36-31-28(29(34-36)21-8-3-2-4-9-21)30(25-11-6-16-39-25)40-19-27(38)35(31)18-26(37)33-23-14-12-22(32)13-15-23/h2-17,30H,18-19H2,1H3,(H,33,37). The second kappa shape index (κ2) is 11.1. The zero-order valence-corrected chi connectivity index (χ0v) is 23.2. The number of amides is 2. The first-order valence-electron chi connectivity index (χ1n) is 12.7. The summed E-state index contributed by atoms with van der Waals surface area (Å²) in [5, 5.41) is 9.78. The number of nitrogens with one attached hydrogen (secondary N) is 1. The highest BCUT2D eigenvalue weighted by Gasteiger charge is 2.38. The zero-order valence-electron chi connectivity index (χ0n) is 21.6. The average molecular weight is 569 g/mol. The number of carbonyl (C=O) groups excluding carboxylic acids is 2. The Bertz CT molecular complexity index is 1670. The molecule has 9 heteroatoms. The molecule has 0 fully saturated rings. The van der Waals surface area contributed by atoms with E-state index in [4.69, 9.17) is 5.10 Å². The maximum absolute atomic E-state index is 13.8. The van der Waals surface area contributed by atoms with Crippen LogP contribution < -0.4 is 10.2 Å². The van der Waals surface area contributed by atoms with E-state index in [1.54, 1.807) is 27.8 Å². The van der Waals surface area contributed by atoms with E-state index in [9.17, 15) is 14.0 Å². The largest absolute Gasteiger partial charge is 0.325 e. The fraction of sp³-hybridized carbons (Fsp3) is 0.129. The summed E-state index contributed by atoms with van der Waals surface area (Å²) in [4.78, 5) is 29.7. The van der Waals surface area contributed by atoms with E-state index < -0.39 is 5.82 Å². The van der Waals surface area contributed by atoms with Gasteiger partial charge in [-0.2, -0.15) is 5.10 Å². The molecule has 6 rings (SSSR count). The van der Waals surface area contributed by atoms with Gasteiger partial charge in [0.15, 0.2) is 0 Å². The maximum atomic E-state index is 13.8. The van der Waals surface area contributed by atoms with Gasteiger partial charge in [0.1, 0.15) is 18.2 Å². The van der Waals surface area contributed by atoms with Crippen molar-refractivity contribution in [3.05, 3.63) is 118 Å². The molecular formula is C31H25FN4O2S2. The molecule has 1 N–H and O–H groups in total. The molecule has 2 amide bonds. The highest BCUT2D eigenvalue weighted by Crippen LogP contribution is 2.49. The highest BCUT2D eigenvalue weighted by molar-refractivity contribution is 8.00. The molecule has 200 valence electrons. The monoisotopic (exact) mass is 568 g/mol. The van der Waals surface area contributed by atoms with E-state index >= 15 is 0 Å². The van der Waals surface area contributed by atoms with Crippen molar-refractivity contribution in [1.29, 1.82) is 0 Å². The Balaban J connectivity index is 1.54. The Hall–Kier alpha value is -4.21. The second-order valence-electron chi connectivity index (χ2n) is 9.44. The van der Waals surface area contributed by atoms with Crippen molar-refractivity contribution in [2.45, 2.75) is 12.2 Å². The number of nitrogens with zero attached hydrogens (tertiary/aromatic N) is 3. The minimum Gasteiger partial charge on any atom is -0.325 e. The van der Waals surface area contributed by atoms with E-state index in [1.165, 1.54) is 29.2 Å². The van der Waals surface area contributed by atoms with Gasteiger partial charge in [-0.1, -0.05) is 48.5 Å². The van der Waals surface area contributed by atoms with Gasteiger partial charge in [-0.3, -0.25) is 14.5 Å². The van der Waals surface area contributed by atoms with Crippen LogP contribution in [-0.4, -0.2) is 33.9 Å². The van der Waals surface area contributed by atoms with Crippen molar-refractivity contribution in [3.8, 4) is 16.9 Å². The highest BCUT2D eigenvalue weighted by atomic mass is 32.2. The molecule has 3 aromatic carbocycles. The Labute approximate surface area is 239 Å². The Morgan fingerprint density at radius 1 is 1.02 bits per heavy atom. The van der Waals surface area contributed by atoms with Crippen LogP contribution in [0, 0.1) is 12.7 Å². The maximum Gasteiger partial charge on any atom is 0.244 e. The SMILES string of the molecule is Cc1cccc(-n2nc(-c3ccccc3)c3c2N(CC(=O)Nc2ccc(F)cc2)C(=O)CSC3c2cccs2)c1. The molecule has 1 aliphatic rings. The minimum atomic E-state index is -0.391. The molecule has 6 nitrogen and oxygen atoms in total. The lowest BCUT2D eigenvalue weighted by molar-refractivity contribution is -0.120. The van der Waals surface area contributed by atoms with Crippen LogP contribution in [0.25, 0.3) is 16.9 Å². The van der Waals surface area contributed by atoms with Crippen LogP contribution in [0.3, 0.4) is 0 Å². The summed E-state index contributed by atoms with van der Waals surface area (Å²) >= 11 is 3.18. The van der Waals surface area contributed by atoms with Crippen molar-refractivity contribution in [2.75, 3.05) is 22.5 Å². The molecule has 0 saturated heterocycles. The van der Waals surface area contributed by atoms with Crippen molar-refractivity contribution in [1.82, 2.24) is 9.78 Å². The molecule has 1 aliphatic heterocycles. The molecule has 0 aliphatic carbocycles. The summed E-state index contributed by atoms with van der Waals surface area (Å²) in [6.07, 6.45) is 0. The molecule has 3 heterocycles. The third-order valence-electron chi connectivity index (χ3n) is 6.61. The van der Waals surface area contributed by atoms with E-state index in [1.807, 2.05) is 73.0 Å². The second-order valence-corrected chi connectivity index (χ2v) is 11.5. The number of halogens is 1. The zero-order chi connectivity index (χ0) is 27.6. The fourth-order valence-corrected chi connectivity index (χ4v) is 6.99. The molecule has 40 heavy (non-hydrogen) atoms. The lowest BCUT2D eigenvalue weighted by atomic mass is 10.0. The smallest absolute Gasteiger partial charge is 0.244 e. The molecular weight excluding hydrogens is 543 g/mol. The number of aryl methyl sites for hydroxylation is 1. The van der Waals surface area contributed by atoms with Crippen LogP contribution in [0.15, 0.2) is 96.4 Å². The van der Waals surface area contributed by atoms with Gasteiger partial charge in [-0.15, -0.1) is 23.1 Å². The summed E-state index contributed by atoms with van der Waals surface area (Å²) < 4.78 is 15.2. The number of aromatic nitrogens is 2. The first kappa shape index (κ1) is 26.0. The van der Waals surface area contributed by atoms with Gasteiger partial charge >= 0.3 is 0 Å². The Morgan fingerprint density at radius 3 is 2.55 bits per heavy atom. The molecule has 0 radical (unpaired) electrons. The number of benzene rings is 3. The number of thioether (sulfide) groups is 1. The number of rotatable bonds is 6. The van der Waals surface area contributed by atoms with Crippen LogP contribution in [0.4, 0.5) is 15.9 Å². The lowest BCUT2D eigenvalue weighted by Crippen LogP contribution is -2.40. The predicted molar refractivity (Wildman–Crippen MR) is 160 cm³/mol. The average Bonchev–Trinajstić information content (AvgIpc) is 3.60. The van der Waals surface area contributed by atoms with Crippen molar-refractivity contribution >= 4 is 46.4 Å². The summed E-state index contributed by atoms with van der Waals surface area (Å²) in [6, 6.07) is 27.5. The fourth-order valence-electron chi connectivity index (χ4n) is 4.81. The molecule has 0 saturated carbocycles. The summed E-state index contributed by atoms with van der Waals surface area (Å²) in [5.41, 5.74) is 4.89. The Kier molecular flexibility index (Phi) is 7.23. The molecule has 0 bridgehead atoms. The normalized spacial score (nSPS) is 15.0. The lowest BCUT2D eigenvalue weighted by Gasteiger charge is -2.23. The van der Waals surface area contributed by atoms with E-state index in [0.29, 0.717) is 11.5 Å². The third-order valence-corrected chi connectivity index (χ3v) is 8.94. The van der Waals surface area contributed by atoms with Gasteiger partial charge in [0.05, 0.1) is 22.4 Å². The topological polar surface area (TPSA) is 67.2 Å². The van der Waals surface area contributed by atoms with Gasteiger partial charge in [-0.05, 0) is 60.3 Å². The van der Waals surface area contributed by atoms with Crippen LogP contribution in [0.1, 0.15) is 21.3 Å². The van der Waals surface area contributed by atoms with Gasteiger partial charge < -0.3 is 5.32 Å². The van der Waals surface area contributed by atoms with Crippen LogP contribution >= 0.6 is 23.1 Å². The number of hydrogen-bond donors (Lipinski definition) is 1. The van der Waals surface area contributed by atoms with E-state index in [0.717, 1.165) is 32.9 Å². The predicted octanol–water partition coefficient (Wildman–Crippen LogP) is 6.86. The number of carbonyl (C=O) groups is 2. The van der Waals surface area contributed by atoms with Crippen LogP contribution in [0.5, 0.6) is 0 Å². The number of fused-ring (bicyclic) bond motifs is 1. The van der Waals surface area contributed by atoms with Gasteiger partial charge in [0, 0.05) is 21.7 Å². The molecule has 1 unspecified atom stereocenters. The summed E-state index contributed by atoms with van der Waals surface area (Å²) in [6.45, 7) is 1.79. The van der Waals surface area contributed by atoms with Crippen LogP contribution in [0.2, 0.25) is 0 Å². The quantitative estimate of drug-likeness (QED) is 0.243. The Morgan fingerprint density at radius 2 is 1.82 bits per heavy atom. The molecule has 1 atom stereocenters. The minimum absolute atomic E-state index is 0.155. The summed E-state index contributed by atoms with van der Waals surface area (Å²) in [5.74, 6) is -0.190.